The first kappa shape index (κ1) is 14.4. The molecule has 2 aromatic heterocycles. The maximum atomic E-state index is 11.1. The summed E-state index contributed by atoms with van der Waals surface area (Å²) in [5.41, 5.74) is 2.59. The molecular weight excluding hydrogens is 288 g/mol. The standard InChI is InChI=1S/C18H20N4O/c23-18(8-3-6-14-5-1-2-7-16(14)18)13-19-11-15-12-21-17-20-9-4-10-22(15)17/h1-2,4-5,7,9-10,12,19,23H,3,6,8,11,13H2. The lowest BCUT2D eigenvalue weighted by atomic mass is 9.79. The molecule has 5 nitrogen and oxygen atoms in total. The molecule has 0 saturated carbocycles. The summed E-state index contributed by atoms with van der Waals surface area (Å²) in [4.78, 5) is 8.50. The molecule has 1 aliphatic rings. The molecule has 5 heteroatoms. The van der Waals surface area contributed by atoms with Crippen LogP contribution >= 0.6 is 0 Å². The van der Waals surface area contributed by atoms with Crippen molar-refractivity contribution in [3.63, 3.8) is 0 Å². The second kappa shape index (κ2) is 5.76. The zero-order valence-corrected chi connectivity index (χ0v) is 12.9. The van der Waals surface area contributed by atoms with Gasteiger partial charge in [0, 0.05) is 25.5 Å². The molecule has 1 atom stereocenters. The Hall–Kier alpha value is -2.24. The molecule has 23 heavy (non-hydrogen) atoms. The van der Waals surface area contributed by atoms with Crippen LogP contribution < -0.4 is 5.32 Å². The lowest BCUT2D eigenvalue weighted by molar-refractivity contribution is 0.0189. The predicted octanol–water partition coefficient (Wildman–Crippen LogP) is 2.04. The molecule has 2 N–H and O–H groups in total. The average Bonchev–Trinajstić information content (AvgIpc) is 2.99. The van der Waals surface area contributed by atoms with Crippen LogP contribution in [0.4, 0.5) is 0 Å². The number of rotatable bonds is 4. The minimum Gasteiger partial charge on any atom is -0.384 e. The van der Waals surface area contributed by atoms with E-state index in [1.54, 1.807) is 6.20 Å². The molecule has 1 aliphatic carbocycles. The number of aliphatic hydroxyl groups is 1. The molecule has 3 aromatic rings. The maximum Gasteiger partial charge on any atom is 0.233 e. The summed E-state index contributed by atoms with van der Waals surface area (Å²) in [6.07, 6.45) is 8.39. The minimum absolute atomic E-state index is 0.539. The van der Waals surface area contributed by atoms with Gasteiger partial charge in [0.1, 0.15) is 5.60 Å². The van der Waals surface area contributed by atoms with E-state index in [9.17, 15) is 5.11 Å². The molecule has 118 valence electrons. The Morgan fingerprint density at radius 1 is 1.22 bits per heavy atom. The van der Waals surface area contributed by atoms with Crippen LogP contribution in [0, 0.1) is 0 Å². The average molecular weight is 308 g/mol. The normalized spacial score (nSPS) is 20.6. The minimum atomic E-state index is -0.784. The van der Waals surface area contributed by atoms with Crippen LogP contribution in [0.15, 0.2) is 48.9 Å². The van der Waals surface area contributed by atoms with Gasteiger partial charge in [-0.3, -0.25) is 4.40 Å². The van der Waals surface area contributed by atoms with Gasteiger partial charge in [-0.2, -0.15) is 0 Å². The molecule has 0 radical (unpaired) electrons. The number of aryl methyl sites for hydroxylation is 1. The topological polar surface area (TPSA) is 62.5 Å². The largest absolute Gasteiger partial charge is 0.384 e. The fourth-order valence-electron chi connectivity index (χ4n) is 3.49. The predicted molar refractivity (Wildman–Crippen MR) is 88.0 cm³/mol. The summed E-state index contributed by atoms with van der Waals surface area (Å²) in [6.45, 7) is 1.19. The van der Waals surface area contributed by atoms with Crippen LogP contribution in [0.3, 0.4) is 0 Å². The molecule has 2 heterocycles. The molecule has 0 bridgehead atoms. The number of hydrogen-bond donors (Lipinski definition) is 2. The summed E-state index contributed by atoms with van der Waals surface area (Å²) in [6, 6.07) is 10.1. The van der Waals surface area contributed by atoms with Gasteiger partial charge in [0.05, 0.1) is 11.9 Å². The number of fused-ring (bicyclic) bond motifs is 2. The number of hydrogen-bond acceptors (Lipinski definition) is 4. The van der Waals surface area contributed by atoms with E-state index in [0.29, 0.717) is 18.9 Å². The van der Waals surface area contributed by atoms with Gasteiger partial charge < -0.3 is 10.4 Å². The highest BCUT2D eigenvalue weighted by molar-refractivity contribution is 5.35. The summed E-state index contributed by atoms with van der Waals surface area (Å²) in [7, 11) is 0. The van der Waals surface area contributed by atoms with Crippen LogP contribution in [0.5, 0.6) is 0 Å². The smallest absolute Gasteiger partial charge is 0.233 e. The quantitative estimate of drug-likeness (QED) is 0.774. The van der Waals surface area contributed by atoms with Gasteiger partial charge in [-0.25, -0.2) is 9.97 Å². The van der Waals surface area contributed by atoms with Crippen molar-refractivity contribution < 1.29 is 5.11 Å². The first-order valence-electron chi connectivity index (χ1n) is 8.05. The molecular formula is C18H20N4O. The van der Waals surface area contributed by atoms with Crippen molar-refractivity contribution in [1.82, 2.24) is 19.7 Å². The third-order valence-corrected chi connectivity index (χ3v) is 4.64. The highest BCUT2D eigenvalue weighted by atomic mass is 16.3. The monoisotopic (exact) mass is 308 g/mol. The van der Waals surface area contributed by atoms with Gasteiger partial charge in [-0.1, -0.05) is 24.3 Å². The van der Waals surface area contributed by atoms with E-state index in [2.05, 4.69) is 21.4 Å². The maximum absolute atomic E-state index is 11.1. The second-order valence-electron chi connectivity index (χ2n) is 6.19. The van der Waals surface area contributed by atoms with E-state index in [1.807, 2.05) is 41.1 Å². The fraction of sp³-hybridized carbons (Fsp3) is 0.333. The Kier molecular flexibility index (Phi) is 3.59. The van der Waals surface area contributed by atoms with Crippen molar-refractivity contribution in [2.45, 2.75) is 31.4 Å². The number of aromatic nitrogens is 3. The van der Waals surface area contributed by atoms with Crippen LogP contribution in [-0.2, 0) is 18.6 Å². The zero-order valence-electron chi connectivity index (χ0n) is 12.9. The fourth-order valence-corrected chi connectivity index (χ4v) is 3.49. The molecule has 1 unspecified atom stereocenters. The van der Waals surface area contributed by atoms with Crippen LogP contribution in [-0.4, -0.2) is 26.0 Å². The lowest BCUT2D eigenvalue weighted by Gasteiger charge is -2.34. The first-order chi connectivity index (χ1) is 11.3. The van der Waals surface area contributed by atoms with E-state index in [-0.39, 0.29) is 0 Å². The second-order valence-corrected chi connectivity index (χ2v) is 6.19. The van der Waals surface area contributed by atoms with E-state index < -0.39 is 5.60 Å². The van der Waals surface area contributed by atoms with Gasteiger partial charge in [0.25, 0.3) is 0 Å². The van der Waals surface area contributed by atoms with Gasteiger partial charge in [-0.15, -0.1) is 0 Å². The SMILES string of the molecule is OC1(CNCc2cnc3ncccn23)CCCc2ccccc21. The Morgan fingerprint density at radius 2 is 2.13 bits per heavy atom. The van der Waals surface area contributed by atoms with E-state index >= 15 is 0 Å². The van der Waals surface area contributed by atoms with Gasteiger partial charge >= 0.3 is 0 Å². The van der Waals surface area contributed by atoms with Crippen molar-refractivity contribution in [2.24, 2.45) is 0 Å². The van der Waals surface area contributed by atoms with Crippen molar-refractivity contribution in [3.05, 3.63) is 65.7 Å². The van der Waals surface area contributed by atoms with E-state index in [4.69, 9.17) is 0 Å². The lowest BCUT2D eigenvalue weighted by Crippen LogP contribution is -2.40. The van der Waals surface area contributed by atoms with Crippen LogP contribution in [0.2, 0.25) is 0 Å². The van der Waals surface area contributed by atoms with Crippen molar-refractivity contribution >= 4 is 5.78 Å². The third kappa shape index (κ3) is 2.62. The highest BCUT2D eigenvalue weighted by Gasteiger charge is 2.33. The summed E-state index contributed by atoms with van der Waals surface area (Å²) in [5, 5.41) is 14.5. The molecule has 0 spiro atoms. The molecule has 4 rings (SSSR count). The third-order valence-electron chi connectivity index (χ3n) is 4.64. The number of imidazole rings is 1. The molecule has 0 fully saturated rings. The zero-order chi connectivity index (χ0) is 15.7. The number of nitrogens with one attached hydrogen (secondary N) is 1. The van der Waals surface area contributed by atoms with Crippen LogP contribution in [0.25, 0.3) is 5.78 Å². The van der Waals surface area contributed by atoms with E-state index in [0.717, 1.165) is 30.5 Å². The summed E-state index contributed by atoms with van der Waals surface area (Å²) >= 11 is 0. The van der Waals surface area contributed by atoms with Crippen molar-refractivity contribution in [3.8, 4) is 0 Å². The van der Waals surface area contributed by atoms with Gasteiger partial charge in [0.2, 0.25) is 5.78 Å². The Morgan fingerprint density at radius 3 is 3.09 bits per heavy atom. The molecule has 0 aliphatic heterocycles. The van der Waals surface area contributed by atoms with Crippen LogP contribution in [0.1, 0.15) is 29.7 Å². The highest BCUT2D eigenvalue weighted by Crippen LogP contribution is 2.34. The Bertz CT molecular complexity index is 829. The summed E-state index contributed by atoms with van der Waals surface area (Å²) < 4.78 is 1.96. The van der Waals surface area contributed by atoms with Crippen molar-refractivity contribution in [1.29, 1.82) is 0 Å². The van der Waals surface area contributed by atoms with Crippen molar-refractivity contribution in [2.75, 3.05) is 6.54 Å². The Balaban J connectivity index is 1.49. The van der Waals surface area contributed by atoms with Gasteiger partial charge in [0.15, 0.2) is 0 Å². The molecule has 0 saturated heterocycles. The number of nitrogens with zero attached hydrogens (tertiary/aromatic N) is 3. The molecule has 1 aromatic carbocycles. The molecule has 0 amide bonds. The van der Waals surface area contributed by atoms with E-state index in [1.165, 1.54) is 5.56 Å². The van der Waals surface area contributed by atoms with Gasteiger partial charge in [-0.05, 0) is 36.5 Å². The summed E-state index contributed by atoms with van der Waals surface area (Å²) in [5.74, 6) is 0.700. The Labute approximate surface area is 135 Å². The number of benzene rings is 1. The first-order valence-corrected chi connectivity index (χ1v) is 8.05.